The second kappa shape index (κ2) is 9.60. The molecular weight excluding hydrogens is 482 g/mol. The van der Waals surface area contributed by atoms with Gasteiger partial charge in [-0.15, -0.1) is 0 Å². The van der Waals surface area contributed by atoms with Gasteiger partial charge in [0.1, 0.15) is 0 Å². The van der Waals surface area contributed by atoms with Gasteiger partial charge in [-0.2, -0.15) is 0 Å². The molecule has 1 heterocycles. The number of rotatable bonds is 5. The van der Waals surface area contributed by atoms with Crippen molar-refractivity contribution < 1.29 is 13.2 Å². The number of hydrogen-bond donors (Lipinski definition) is 1. The monoisotopic (exact) mass is 505 g/mol. The lowest BCUT2D eigenvalue weighted by Crippen LogP contribution is -2.48. The van der Waals surface area contributed by atoms with E-state index < -0.39 is 10.0 Å². The topological polar surface area (TPSA) is 69.7 Å². The molecule has 178 valence electrons. The number of nitrogens with zero attached hydrogens (tertiary/aromatic N) is 2. The Labute approximate surface area is 209 Å². The van der Waals surface area contributed by atoms with E-state index >= 15 is 0 Å². The summed E-state index contributed by atoms with van der Waals surface area (Å²) in [5, 5.41) is 2.66. The first kappa shape index (κ1) is 23.2. The third-order valence-electron chi connectivity index (χ3n) is 6.17. The Morgan fingerprint density at radius 3 is 2.11 bits per heavy atom. The lowest BCUT2D eigenvalue weighted by molar-refractivity contribution is 0.0747. The second-order valence-corrected chi connectivity index (χ2v) is 10.6. The van der Waals surface area contributed by atoms with Crippen LogP contribution in [0.5, 0.6) is 0 Å². The number of nitrogens with one attached hydrogen (secondary N) is 1. The molecule has 0 aliphatic carbocycles. The van der Waals surface area contributed by atoms with Gasteiger partial charge in [0.25, 0.3) is 15.9 Å². The zero-order chi connectivity index (χ0) is 24.4. The molecule has 0 unspecified atom stereocenters. The van der Waals surface area contributed by atoms with E-state index in [1.54, 1.807) is 24.3 Å². The van der Waals surface area contributed by atoms with Crippen LogP contribution in [-0.2, 0) is 10.0 Å². The predicted molar refractivity (Wildman–Crippen MR) is 141 cm³/mol. The quantitative estimate of drug-likeness (QED) is 0.402. The fourth-order valence-electron chi connectivity index (χ4n) is 4.24. The van der Waals surface area contributed by atoms with Crippen molar-refractivity contribution in [3.63, 3.8) is 0 Å². The Bertz CT molecular complexity index is 1460. The average Bonchev–Trinajstić information content (AvgIpc) is 2.88. The molecule has 1 fully saturated rings. The average molecular weight is 506 g/mol. The molecule has 5 rings (SSSR count). The van der Waals surface area contributed by atoms with Crippen molar-refractivity contribution in [2.24, 2.45) is 0 Å². The molecule has 0 aromatic heterocycles. The van der Waals surface area contributed by atoms with E-state index in [1.807, 2.05) is 59.5 Å². The molecule has 0 radical (unpaired) electrons. The van der Waals surface area contributed by atoms with Crippen molar-refractivity contribution in [3.8, 4) is 0 Å². The molecule has 1 saturated heterocycles. The summed E-state index contributed by atoms with van der Waals surface area (Å²) in [6.07, 6.45) is 0. The number of piperazine rings is 1. The molecule has 1 aliphatic rings. The number of benzene rings is 4. The molecule has 6 nitrogen and oxygen atoms in total. The highest BCUT2D eigenvalue weighted by molar-refractivity contribution is 7.92. The molecule has 4 aromatic carbocycles. The molecule has 0 saturated carbocycles. The van der Waals surface area contributed by atoms with E-state index in [1.165, 1.54) is 12.1 Å². The second-order valence-electron chi connectivity index (χ2n) is 8.45. The normalized spacial score (nSPS) is 14.2. The Hall–Kier alpha value is -3.55. The minimum atomic E-state index is -3.69. The van der Waals surface area contributed by atoms with E-state index in [0.717, 1.165) is 16.5 Å². The van der Waals surface area contributed by atoms with E-state index in [9.17, 15) is 13.2 Å². The summed E-state index contributed by atoms with van der Waals surface area (Å²) in [6, 6.07) is 27.2. The Morgan fingerprint density at radius 2 is 1.43 bits per heavy atom. The summed E-state index contributed by atoms with van der Waals surface area (Å²) in [7, 11) is -3.69. The first-order valence-electron chi connectivity index (χ1n) is 11.3. The van der Waals surface area contributed by atoms with Gasteiger partial charge in [0.05, 0.1) is 4.90 Å². The highest BCUT2D eigenvalue weighted by Crippen LogP contribution is 2.23. The van der Waals surface area contributed by atoms with Gasteiger partial charge in [0, 0.05) is 48.1 Å². The minimum Gasteiger partial charge on any atom is -0.368 e. The lowest BCUT2D eigenvalue weighted by Gasteiger charge is -2.36. The Kier molecular flexibility index (Phi) is 6.36. The van der Waals surface area contributed by atoms with Gasteiger partial charge < -0.3 is 9.80 Å². The van der Waals surface area contributed by atoms with Crippen LogP contribution in [0.15, 0.2) is 95.9 Å². The van der Waals surface area contributed by atoms with Gasteiger partial charge in [-0.25, -0.2) is 8.42 Å². The SMILES string of the molecule is O=C(c1ccc2ccccc2c1)N1CCN(c2ccc(NS(=O)(=O)c3ccc(Cl)cc3)cc2)CC1. The molecule has 1 aliphatic heterocycles. The standard InChI is InChI=1S/C27H24ClN3O3S/c28-23-7-13-26(14-8-23)35(33,34)29-24-9-11-25(12-10-24)30-15-17-31(18-16-30)27(32)22-6-5-20-3-1-2-4-21(20)19-22/h1-14,19,29H,15-18H2. The summed E-state index contributed by atoms with van der Waals surface area (Å²) >= 11 is 5.85. The fraction of sp³-hybridized carbons (Fsp3) is 0.148. The van der Waals surface area contributed by atoms with Gasteiger partial charge >= 0.3 is 0 Å². The van der Waals surface area contributed by atoms with Crippen LogP contribution < -0.4 is 9.62 Å². The van der Waals surface area contributed by atoms with Gasteiger partial charge in [0.2, 0.25) is 0 Å². The van der Waals surface area contributed by atoms with Gasteiger partial charge in [0.15, 0.2) is 0 Å². The van der Waals surface area contributed by atoms with E-state index in [2.05, 4.69) is 9.62 Å². The molecule has 0 bridgehead atoms. The van der Waals surface area contributed by atoms with Gasteiger partial charge in [-0.1, -0.05) is 41.9 Å². The lowest BCUT2D eigenvalue weighted by atomic mass is 10.1. The number of fused-ring (bicyclic) bond motifs is 1. The molecule has 8 heteroatoms. The smallest absolute Gasteiger partial charge is 0.261 e. The van der Waals surface area contributed by atoms with Gasteiger partial charge in [-0.05, 0) is 71.4 Å². The first-order valence-corrected chi connectivity index (χ1v) is 13.2. The largest absolute Gasteiger partial charge is 0.368 e. The summed E-state index contributed by atoms with van der Waals surface area (Å²) in [5.41, 5.74) is 2.17. The molecule has 35 heavy (non-hydrogen) atoms. The van der Waals surface area contributed by atoms with E-state index in [-0.39, 0.29) is 10.8 Å². The van der Waals surface area contributed by atoms with E-state index in [0.29, 0.717) is 42.5 Å². The number of carbonyl (C=O) groups excluding carboxylic acids is 1. The van der Waals surface area contributed by atoms with Gasteiger partial charge in [-0.3, -0.25) is 9.52 Å². The van der Waals surface area contributed by atoms with Crippen LogP contribution in [0.1, 0.15) is 10.4 Å². The van der Waals surface area contributed by atoms with Crippen LogP contribution in [0.4, 0.5) is 11.4 Å². The first-order chi connectivity index (χ1) is 16.9. The summed E-state index contributed by atoms with van der Waals surface area (Å²) in [5.74, 6) is 0.0438. The van der Waals surface area contributed by atoms with Crippen molar-refractivity contribution in [2.45, 2.75) is 4.90 Å². The van der Waals surface area contributed by atoms with Crippen LogP contribution in [0.3, 0.4) is 0 Å². The van der Waals surface area contributed by atoms with Crippen molar-refractivity contribution >= 4 is 49.7 Å². The molecule has 0 spiro atoms. The number of hydrogen-bond acceptors (Lipinski definition) is 4. The Balaban J connectivity index is 1.20. The van der Waals surface area contributed by atoms with Crippen LogP contribution in [0.25, 0.3) is 10.8 Å². The molecule has 4 aromatic rings. The molecule has 0 atom stereocenters. The zero-order valence-electron chi connectivity index (χ0n) is 18.9. The summed E-state index contributed by atoms with van der Waals surface area (Å²) < 4.78 is 27.8. The maximum absolute atomic E-state index is 13.0. The maximum Gasteiger partial charge on any atom is 0.261 e. The van der Waals surface area contributed by atoms with Crippen molar-refractivity contribution in [1.82, 2.24) is 4.90 Å². The molecule has 1 amide bonds. The number of halogens is 1. The van der Waals surface area contributed by atoms with Crippen LogP contribution in [0.2, 0.25) is 5.02 Å². The predicted octanol–water partition coefficient (Wildman–Crippen LogP) is 5.26. The minimum absolute atomic E-state index is 0.0438. The van der Waals surface area contributed by atoms with Crippen molar-refractivity contribution in [2.75, 3.05) is 35.8 Å². The van der Waals surface area contributed by atoms with Crippen LogP contribution >= 0.6 is 11.6 Å². The molecule has 1 N–H and O–H groups in total. The highest BCUT2D eigenvalue weighted by Gasteiger charge is 2.23. The zero-order valence-corrected chi connectivity index (χ0v) is 20.5. The summed E-state index contributed by atoms with van der Waals surface area (Å²) in [4.78, 5) is 17.3. The maximum atomic E-state index is 13.0. The number of amides is 1. The third kappa shape index (κ3) is 5.11. The Morgan fingerprint density at radius 1 is 0.771 bits per heavy atom. The fourth-order valence-corrected chi connectivity index (χ4v) is 5.43. The third-order valence-corrected chi connectivity index (χ3v) is 7.82. The number of anilines is 2. The number of carbonyl (C=O) groups is 1. The highest BCUT2D eigenvalue weighted by atomic mass is 35.5. The van der Waals surface area contributed by atoms with Crippen molar-refractivity contribution in [1.29, 1.82) is 0 Å². The summed E-state index contributed by atoms with van der Waals surface area (Å²) in [6.45, 7) is 2.65. The van der Waals surface area contributed by atoms with E-state index in [4.69, 9.17) is 11.6 Å². The van der Waals surface area contributed by atoms with Crippen LogP contribution in [0, 0.1) is 0 Å². The number of sulfonamides is 1. The van der Waals surface area contributed by atoms with Crippen molar-refractivity contribution in [3.05, 3.63) is 102 Å². The van der Waals surface area contributed by atoms with Crippen LogP contribution in [-0.4, -0.2) is 45.4 Å². The molecular formula is C27H24ClN3O3S.